The summed E-state index contributed by atoms with van der Waals surface area (Å²) in [5.41, 5.74) is 24.8. The normalized spacial score (nSPS) is 21.4. The van der Waals surface area contributed by atoms with E-state index in [-0.39, 0.29) is 95.2 Å². The highest BCUT2D eigenvalue weighted by Crippen LogP contribution is 2.40. The number of aliphatic hydroxyl groups excluding tert-OH is 1. The molecule has 8 aliphatic rings. The van der Waals surface area contributed by atoms with Gasteiger partial charge in [0, 0.05) is 122 Å². The second-order valence-electron chi connectivity index (χ2n) is 26.3. The average Bonchev–Trinajstić information content (AvgIpc) is 1.58. The molecule has 34 heteroatoms. The number of carbonyl (C=O) groups excluding carboxylic acids is 2. The van der Waals surface area contributed by atoms with E-state index in [2.05, 4.69) is 70.8 Å². The van der Waals surface area contributed by atoms with Crippen LogP contribution < -0.4 is 56.0 Å². The Hall–Kier alpha value is -8.10. The number of hydrogen-bond acceptors (Lipinski definition) is 23. The Labute approximate surface area is 558 Å². The molecule has 94 heavy (non-hydrogen) atoms. The number of anilines is 3. The van der Waals surface area contributed by atoms with Crippen molar-refractivity contribution in [3.05, 3.63) is 98.6 Å². The van der Waals surface area contributed by atoms with Crippen LogP contribution in [0.15, 0.2) is 76.4 Å². The molecule has 8 aliphatic carbocycles. The Morgan fingerprint density at radius 3 is 1.23 bits per heavy atom. The van der Waals surface area contributed by atoms with E-state index >= 15 is 0 Å². The van der Waals surface area contributed by atoms with Crippen LogP contribution in [0.2, 0.25) is 5.15 Å². The summed E-state index contributed by atoms with van der Waals surface area (Å²) < 4.78 is 19.1. The number of nitrogens with zero attached hydrogens (tertiary/aromatic N) is 15. The molecule has 0 unspecified atom stereocenters. The maximum Gasteiger partial charge on any atom is 0.407 e. The maximum atomic E-state index is 12.9. The third kappa shape index (κ3) is 19.5. The number of nitrogens with one attached hydrogen (secondary N) is 4. The molecule has 2 amide bonds. The summed E-state index contributed by atoms with van der Waals surface area (Å²) in [4.78, 5) is 103. The van der Waals surface area contributed by atoms with E-state index in [0.29, 0.717) is 83.9 Å². The molecule has 0 atom stereocenters. The largest absolute Gasteiger partial charge is 0.444 e. The first-order chi connectivity index (χ1) is 43.9. The minimum atomic E-state index is -0.516. The summed E-state index contributed by atoms with van der Waals surface area (Å²) in [6, 6.07) is 2.64. The number of nitrogens with two attached hydrogens (primary N) is 4. The van der Waals surface area contributed by atoms with Gasteiger partial charge in [0.05, 0.1) is 6.10 Å². The molecule has 31 nitrogen and oxygen atoms in total. The number of rotatable bonds is 9. The van der Waals surface area contributed by atoms with Crippen LogP contribution in [0.25, 0.3) is 33.9 Å². The SMILES string of the molecule is CC(C)(C)OC(=O)NC1CC(O)C1.CC(C)(C)OC(=O)NC1CC(n2c(=O)n(C3CC3)c3nccnc32)C1.Cl.Cl.NC1CC(n2c(=O)n(C3CC3)c3nccnc32)C1.NC1CC1.Nc1nccnc1Cl.Nc1nccnc1NC1CC1.O=c1[nH]c2nccnc2n1C1CC1. The van der Waals surface area contributed by atoms with Gasteiger partial charge in [-0.3, -0.25) is 27.8 Å². The zero-order valence-corrected chi connectivity index (χ0v) is 55.8. The third-order valence-electron chi connectivity index (χ3n) is 15.6. The van der Waals surface area contributed by atoms with E-state index in [4.69, 9.17) is 49.1 Å². The number of aliphatic hydroxyl groups is 1. The van der Waals surface area contributed by atoms with Crippen LogP contribution >= 0.6 is 36.4 Å². The highest BCUT2D eigenvalue weighted by Gasteiger charge is 2.39. The fourth-order valence-electron chi connectivity index (χ4n) is 10.1. The number of alkyl carbamates (subject to hydrolysis) is 2. The molecule has 8 saturated carbocycles. The van der Waals surface area contributed by atoms with Crippen molar-refractivity contribution in [2.45, 2.75) is 222 Å². The fraction of sp³-hybridized carbons (Fsp3) is 0.583. The van der Waals surface area contributed by atoms with E-state index < -0.39 is 23.4 Å². The molecular formula is C60H86Cl3N23O8. The van der Waals surface area contributed by atoms with E-state index in [1.807, 2.05) is 46.1 Å². The number of carbonyl (C=O) groups is 2. The van der Waals surface area contributed by atoms with Gasteiger partial charge in [0.1, 0.15) is 11.2 Å². The maximum absolute atomic E-state index is 12.9. The minimum absolute atomic E-state index is 0. The van der Waals surface area contributed by atoms with Crippen molar-refractivity contribution < 1.29 is 24.2 Å². The van der Waals surface area contributed by atoms with Crippen molar-refractivity contribution in [3.8, 4) is 0 Å². The molecule has 0 saturated heterocycles. The lowest BCUT2D eigenvalue weighted by Crippen LogP contribution is -2.48. The third-order valence-corrected chi connectivity index (χ3v) is 15.9. The Bertz CT molecular complexity index is 3990. The van der Waals surface area contributed by atoms with Crippen LogP contribution in [-0.2, 0) is 9.47 Å². The van der Waals surface area contributed by atoms with Crippen molar-refractivity contribution in [2.24, 2.45) is 11.5 Å². The van der Waals surface area contributed by atoms with Gasteiger partial charge in [-0.05, 0) is 144 Å². The van der Waals surface area contributed by atoms with E-state index in [1.165, 1.54) is 38.1 Å². The lowest BCUT2D eigenvalue weighted by Gasteiger charge is -2.36. The van der Waals surface area contributed by atoms with Gasteiger partial charge < -0.3 is 53.5 Å². The summed E-state index contributed by atoms with van der Waals surface area (Å²) in [7, 11) is 0. The molecule has 0 radical (unpaired) electrons. The molecule has 8 aromatic rings. The van der Waals surface area contributed by atoms with Crippen LogP contribution in [0.5, 0.6) is 0 Å². The number of imidazole rings is 3. The number of fused-ring (bicyclic) bond motifs is 3. The number of nitrogen functional groups attached to an aromatic ring is 2. The first-order valence-electron chi connectivity index (χ1n) is 31.4. The second-order valence-corrected chi connectivity index (χ2v) is 26.6. The molecular weight excluding hydrogens is 1280 g/mol. The van der Waals surface area contributed by atoms with Gasteiger partial charge >= 0.3 is 29.3 Å². The smallest absolute Gasteiger partial charge is 0.407 e. The summed E-state index contributed by atoms with van der Waals surface area (Å²) in [6.07, 6.45) is 30.5. The molecule has 13 N–H and O–H groups in total. The zero-order valence-electron chi connectivity index (χ0n) is 53.5. The monoisotopic (exact) mass is 1360 g/mol. The van der Waals surface area contributed by atoms with Crippen molar-refractivity contribution in [3.63, 3.8) is 0 Å². The van der Waals surface area contributed by atoms with Gasteiger partial charge in [-0.25, -0.2) is 73.8 Å². The van der Waals surface area contributed by atoms with Crippen LogP contribution in [0.4, 0.5) is 27.0 Å². The van der Waals surface area contributed by atoms with Gasteiger partial charge in [-0.2, -0.15) is 0 Å². The predicted molar refractivity (Wildman–Crippen MR) is 359 cm³/mol. The first-order valence-corrected chi connectivity index (χ1v) is 31.8. The molecule has 8 aromatic heterocycles. The zero-order chi connectivity index (χ0) is 65.6. The molecule has 16 rings (SSSR count). The lowest BCUT2D eigenvalue weighted by atomic mass is 9.86. The van der Waals surface area contributed by atoms with Crippen molar-refractivity contribution in [1.29, 1.82) is 0 Å². The Morgan fingerprint density at radius 1 is 0.489 bits per heavy atom. The lowest BCUT2D eigenvalue weighted by molar-refractivity contribution is 0.0302. The fourth-order valence-corrected chi connectivity index (χ4v) is 10.3. The highest BCUT2D eigenvalue weighted by molar-refractivity contribution is 6.31. The van der Waals surface area contributed by atoms with Crippen LogP contribution in [-0.4, -0.2) is 142 Å². The van der Waals surface area contributed by atoms with Gasteiger partial charge in [-0.15, -0.1) is 24.8 Å². The first kappa shape index (κ1) is 71.7. The topological polar surface area (TPSA) is 434 Å². The van der Waals surface area contributed by atoms with E-state index in [9.17, 15) is 24.0 Å². The number of H-pyrrole nitrogens is 1. The number of amides is 2. The van der Waals surface area contributed by atoms with Crippen LogP contribution in [0.1, 0.15) is 174 Å². The average molecular weight is 1360 g/mol. The predicted octanol–water partition coefficient (Wildman–Crippen LogP) is 6.53. The number of halogens is 3. The Kier molecular flexibility index (Phi) is 23.6. The van der Waals surface area contributed by atoms with Gasteiger partial charge in [-0.1, -0.05) is 11.6 Å². The van der Waals surface area contributed by atoms with E-state index in [0.717, 1.165) is 62.8 Å². The van der Waals surface area contributed by atoms with Crippen molar-refractivity contribution >= 4 is 99.9 Å². The number of hydrogen-bond donors (Lipinski definition) is 9. The molecule has 510 valence electrons. The number of ether oxygens (including phenoxy) is 2. The Morgan fingerprint density at radius 2 is 0.862 bits per heavy atom. The Balaban J connectivity index is 0.000000147. The summed E-state index contributed by atoms with van der Waals surface area (Å²) in [5, 5.41) is 18.0. The van der Waals surface area contributed by atoms with Gasteiger partial charge in [0.25, 0.3) is 0 Å². The molecule has 8 fully saturated rings. The van der Waals surface area contributed by atoms with Crippen molar-refractivity contribution in [2.75, 3.05) is 16.8 Å². The molecule has 0 aliphatic heterocycles. The van der Waals surface area contributed by atoms with Crippen molar-refractivity contribution in [1.82, 2.24) is 88.3 Å². The molecule has 0 spiro atoms. The summed E-state index contributed by atoms with van der Waals surface area (Å²) in [6.45, 7) is 11.0. The van der Waals surface area contributed by atoms with Crippen LogP contribution in [0, 0.1) is 0 Å². The van der Waals surface area contributed by atoms with Crippen LogP contribution in [0.3, 0.4) is 0 Å². The molecule has 0 bridgehead atoms. The molecule has 0 aromatic carbocycles. The minimum Gasteiger partial charge on any atom is -0.444 e. The second kappa shape index (κ2) is 31.0. The quantitative estimate of drug-likeness (QED) is 0.0741. The summed E-state index contributed by atoms with van der Waals surface area (Å²) >= 11 is 5.41. The van der Waals surface area contributed by atoms with Gasteiger partial charge in [0.15, 0.2) is 56.5 Å². The highest BCUT2D eigenvalue weighted by atomic mass is 35.5. The van der Waals surface area contributed by atoms with E-state index in [1.54, 1.807) is 67.8 Å². The number of aromatic amines is 1. The van der Waals surface area contributed by atoms with Gasteiger partial charge in [0.2, 0.25) is 0 Å². The number of aromatic nitrogens is 16. The molecule has 8 heterocycles. The summed E-state index contributed by atoms with van der Waals surface area (Å²) in [5.74, 6) is 1.48. The standard InChI is InChI=1S/C17H23N5O3.C12H15N5O.C9H17NO3.C8H8N4O.C7H10N4.C4H4ClN3.C3H7N.2ClH/c1-17(2,3)25-15(23)20-10-8-12(9-10)22-14-13(18-6-7-19-14)21(16(22)24)11-4-5-11;13-7-5-9(6-7)17-11-10(14-3-4-15-11)16(12(17)18)8-1-2-8;1-9(2,3)13-8(12)10-6-4-7(11)5-6;13-8-11-6-7(10-4-3-9-6)12(8)5-1-2-5;8-6-7(10-4-3-9-6)11-5-1-2-5;5-3-4(6)8-2-1-7-3;4-3-1-2-3;;/h6-7,10-12H,4-5,8-9H2,1-3H3,(H,20,23);3-4,7-9H,1-2,5-6,13H2;6-7,11H,4-5H2,1-3H3,(H,10,12);3-5H,1-2H2,(H,9,11,13);3-5H,1-2H2,(H2,8,9)(H,10,11);1-2H,(H2,6,8);3H,1-2,4H2;2*1H.